The Hall–Kier alpha value is -1.88. The third kappa shape index (κ3) is 2.93. The van der Waals surface area contributed by atoms with Gasteiger partial charge in [0.1, 0.15) is 0 Å². The van der Waals surface area contributed by atoms with Crippen LogP contribution in [0.2, 0.25) is 0 Å². The molecule has 19 heavy (non-hydrogen) atoms. The third-order valence-corrected chi connectivity index (χ3v) is 3.06. The molecule has 4 N–H and O–H groups in total. The van der Waals surface area contributed by atoms with Crippen LogP contribution in [0.25, 0.3) is 10.9 Å². The van der Waals surface area contributed by atoms with Gasteiger partial charge in [-0.2, -0.15) is 0 Å². The second kappa shape index (κ2) is 5.84. The molecule has 0 aliphatic heterocycles. The van der Waals surface area contributed by atoms with E-state index < -0.39 is 5.82 Å². The number of pyridine rings is 1. The molecule has 1 unspecified atom stereocenters. The first-order valence-electron chi connectivity index (χ1n) is 6.33. The van der Waals surface area contributed by atoms with Crippen molar-refractivity contribution >= 4 is 22.3 Å². The number of halogens is 1. The lowest BCUT2D eigenvalue weighted by Gasteiger charge is -2.17. The van der Waals surface area contributed by atoms with Gasteiger partial charge in [0.2, 0.25) is 0 Å². The number of aromatic nitrogens is 1. The second-order valence-corrected chi connectivity index (χ2v) is 4.63. The summed E-state index contributed by atoms with van der Waals surface area (Å²) in [5.41, 5.74) is 7.09. The zero-order valence-electron chi connectivity index (χ0n) is 10.9. The van der Waals surface area contributed by atoms with Gasteiger partial charge in [-0.1, -0.05) is 0 Å². The standard InChI is InChI=1S/C14H18FN3O/c1-9(4-3-7-19)18-14-11(15)8-12(16)10-5-2-6-17-13(10)14/h2,5-6,8-9,18-19H,3-4,7,16H2,1H3. The van der Waals surface area contributed by atoms with Crippen LogP contribution < -0.4 is 11.1 Å². The molecule has 0 aliphatic rings. The fourth-order valence-electron chi connectivity index (χ4n) is 2.09. The average Bonchev–Trinajstić information content (AvgIpc) is 2.41. The molecule has 2 rings (SSSR count). The van der Waals surface area contributed by atoms with Crippen molar-refractivity contribution in [2.75, 3.05) is 17.7 Å². The molecular weight excluding hydrogens is 245 g/mol. The molecule has 1 atom stereocenters. The highest BCUT2D eigenvalue weighted by Crippen LogP contribution is 2.30. The van der Waals surface area contributed by atoms with E-state index in [1.54, 1.807) is 12.3 Å². The molecule has 0 spiro atoms. The Morgan fingerprint density at radius 3 is 3.05 bits per heavy atom. The Balaban J connectivity index is 2.37. The maximum Gasteiger partial charge on any atom is 0.150 e. The van der Waals surface area contributed by atoms with Gasteiger partial charge in [0, 0.05) is 29.9 Å². The van der Waals surface area contributed by atoms with E-state index in [0.717, 1.165) is 11.8 Å². The van der Waals surface area contributed by atoms with Crippen LogP contribution >= 0.6 is 0 Å². The Kier molecular flexibility index (Phi) is 4.16. The SMILES string of the molecule is CC(CCCO)Nc1c(F)cc(N)c2cccnc12. The number of fused-ring (bicyclic) bond motifs is 1. The molecule has 1 aromatic carbocycles. The Morgan fingerprint density at radius 1 is 1.53 bits per heavy atom. The van der Waals surface area contributed by atoms with Gasteiger partial charge in [0.25, 0.3) is 0 Å². The number of nitrogens with zero attached hydrogens (tertiary/aromatic N) is 1. The summed E-state index contributed by atoms with van der Waals surface area (Å²) in [6.07, 6.45) is 3.05. The number of nitrogens with two attached hydrogens (primary N) is 1. The highest BCUT2D eigenvalue weighted by Gasteiger charge is 2.13. The van der Waals surface area contributed by atoms with Crippen molar-refractivity contribution in [3.05, 3.63) is 30.2 Å². The van der Waals surface area contributed by atoms with E-state index in [9.17, 15) is 4.39 Å². The average molecular weight is 263 g/mol. The van der Waals surface area contributed by atoms with Gasteiger partial charge >= 0.3 is 0 Å². The summed E-state index contributed by atoms with van der Waals surface area (Å²) in [5.74, 6) is -0.403. The van der Waals surface area contributed by atoms with E-state index in [1.807, 2.05) is 13.0 Å². The first-order valence-corrected chi connectivity index (χ1v) is 6.33. The summed E-state index contributed by atoms with van der Waals surface area (Å²) < 4.78 is 14.0. The van der Waals surface area contributed by atoms with Crippen LogP contribution in [0.4, 0.5) is 15.8 Å². The minimum Gasteiger partial charge on any atom is -0.398 e. The van der Waals surface area contributed by atoms with E-state index in [4.69, 9.17) is 10.8 Å². The summed E-state index contributed by atoms with van der Waals surface area (Å²) in [7, 11) is 0. The first-order chi connectivity index (χ1) is 9.13. The fourth-order valence-corrected chi connectivity index (χ4v) is 2.09. The molecule has 0 bridgehead atoms. The van der Waals surface area contributed by atoms with Crippen molar-refractivity contribution in [1.29, 1.82) is 0 Å². The molecule has 0 amide bonds. The Bertz CT molecular complexity index is 574. The molecule has 0 fully saturated rings. The number of anilines is 2. The summed E-state index contributed by atoms with van der Waals surface area (Å²) >= 11 is 0. The van der Waals surface area contributed by atoms with E-state index in [0.29, 0.717) is 23.3 Å². The highest BCUT2D eigenvalue weighted by atomic mass is 19.1. The van der Waals surface area contributed by atoms with Crippen LogP contribution in [0.15, 0.2) is 24.4 Å². The molecule has 5 heteroatoms. The van der Waals surface area contributed by atoms with Gasteiger partial charge in [-0.3, -0.25) is 4.98 Å². The lowest BCUT2D eigenvalue weighted by atomic mass is 10.1. The van der Waals surface area contributed by atoms with Crippen molar-refractivity contribution in [3.63, 3.8) is 0 Å². The van der Waals surface area contributed by atoms with Gasteiger partial charge in [-0.05, 0) is 38.0 Å². The smallest absolute Gasteiger partial charge is 0.150 e. The zero-order chi connectivity index (χ0) is 13.8. The van der Waals surface area contributed by atoms with Crippen LogP contribution in [0.3, 0.4) is 0 Å². The molecule has 0 saturated carbocycles. The zero-order valence-corrected chi connectivity index (χ0v) is 10.9. The van der Waals surface area contributed by atoms with Gasteiger partial charge in [-0.15, -0.1) is 0 Å². The summed E-state index contributed by atoms with van der Waals surface area (Å²) in [4.78, 5) is 4.20. The number of rotatable bonds is 5. The quantitative estimate of drug-likeness (QED) is 0.725. The Labute approximate surface area is 111 Å². The van der Waals surface area contributed by atoms with E-state index >= 15 is 0 Å². The first kappa shape index (κ1) is 13.5. The van der Waals surface area contributed by atoms with Crippen molar-refractivity contribution < 1.29 is 9.50 Å². The maximum atomic E-state index is 14.0. The molecule has 0 aliphatic carbocycles. The number of hydrogen-bond donors (Lipinski definition) is 3. The van der Waals surface area contributed by atoms with E-state index in [-0.39, 0.29) is 12.6 Å². The normalized spacial score (nSPS) is 12.6. The van der Waals surface area contributed by atoms with Gasteiger partial charge in [-0.25, -0.2) is 4.39 Å². The minimum atomic E-state index is -0.403. The summed E-state index contributed by atoms with van der Waals surface area (Å²) in [6, 6.07) is 4.96. The predicted molar refractivity (Wildman–Crippen MR) is 75.5 cm³/mol. The molecule has 2 aromatic rings. The lowest BCUT2D eigenvalue weighted by Crippen LogP contribution is -2.17. The van der Waals surface area contributed by atoms with Crippen LogP contribution in [0.5, 0.6) is 0 Å². The second-order valence-electron chi connectivity index (χ2n) is 4.63. The number of aliphatic hydroxyl groups excluding tert-OH is 1. The third-order valence-electron chi connectivity index (χ3n) is 3.06. The van der Waals surface area contributed by atoms with Gasteiger partial charge in [0.15, 0.2) is 5.82 Å². The number of benzene rings is 1. The number of hydrogen-bond acceptors (Lipinski definition) is 4. The molecule has 4 nitrogen and oxygen atoms in total. The topological polar surface area (TPSA) is 71.2 Å². The monoisotopic (exact) mass is 263 g/mol. The molecule has 102 valence electrons. The number of aliphatic hydroxyl groups is 1. The van der Waals surface area contributed by atoms with Crippen LogP contribution in [0, 0.1) is 5.82 Å². The van der Waals surface area contributed by atoms with Crippen molar-refractivity contribution in [2.45, 2.75) is 25.8 Å². The summed E-state index contributed by atoms with van der Waals surface area (Å²) in [6.45, 7) is 2.08. The highest BCUT2D eigenvalue weighted by molar-refractivity contribution is 5.98. The fraction of sp³-hybridized carbons (Fsp3) is 0.357. The van der Waals surface area contributed by atoms with Crippen LogP contribution in [-0.4, -0.2) is 22.7 Å². The molecule has 0 saturated heterocycles. The van der Waals surface area contributed by atoms with Crippen molar-refractivity contribution in [3.8, 4) is 0 Å². The number of nitrogen functional groups attached to an aromatic ring is 1. The van der Waals surface area contributed by atoms with Crippen LogP contribution in [-0.2, 0) is 0 Å². The summed E-state index contributed by atoms with van der Waals surface area (Å²) in [5, 5.41) is 12.7. The lowest BCUT2D eigenvalue weighted by molar-refractivity contribution is 0.282. The Morgan fingerprint density at radius 2 is 2.32 bits per heavy atom. The molecule has 1 heterocycles. The van der Waals surface area contributed by atoms with Gasteiger partial charge in [0.05, 0.1) is 11.2 Å². The largest absolute Gasteiger partial charge is 0.398 e. The van der Waals surface area contributed by atoms with Gasteiger partial charge < -0.3 is 16.2 Å². The van der Waals surface area contributed by atoms with Crippen molar-refractivity contribution in [2.24, 2.45) is 0 Å². The minimum absolute atomic E-state index is 0.0514. The molecular formula is C14H18FN3O. The number of nitrogens with one attached hydrogen (secondary N) is 1. The maximum absolute atomic E-state index is 14.0. The van der Waals surface area contributed by atoms with E-state index in [2.05, 4.69) is 10.3 Å². The molecule has 0 radical (unpaired) electrons. The van der Waals surface area contributed by atoms with Crippen molar-refractivity contribution in [1.82, 2.24) is 4.98 Å². The van der Waals surface area contributed by atoms with E-state index in [1.165, 1.54) is 6.07 Å². The predicted octanol–water partition coefficient (Wildman–Crippen LogP) is 2.53. The van der Waals surface area contributed by atoms with Crippen LogP contribution in [0.1, 0.15) is 19.8 Å². The molecule has 1 aromatic heterocycles.